The van der Waals surface area contributed by atoms with Gasteiger partial charge in [0.1, 0.15) is 5.69 Å². The second-order valence-electron chi connectivity index (χ2n) is 14.1. The normalized spacial score (nSPS) is 12.0. The summed E-state index contributed by atoms with van der Waals surface area (Å²) in [6.07, 6.45) is 13.5. The number of hydrogen-bond acceptors (Lipinski definition) is 4. The first-order chi connectivity index (χ1) is 28.7. The van der Waals surface area contributed by atoms with Crippen molar-refractivity contribution in [3.05, 3.63) is 204 Å². The molecule has 0 atom stereocenters. The molecule has 8 bridgehead atoms. The van der Waals surface area contributed by atoms with Crippen molar-refractivity contribution >= 4 is 58.2 Å². The summed E-state index contributed by atoms with van der Waals surface area (Å²) in [5, 5.41) is 0. The molecule has 6 heterocycles. The molecule has 58 heavy (non-hydrogen) atoms. The molecule has 4 aromatic carbocycles. The molecule has 6 nitrogen and oxygen atoms in total. The Bertz CT molecular complexity index is 3090. The van der Waals surface area contributed by atoms with Crippen LogP contribution in [0, 0.1) is 0 Å². The molecule has 0 saturated heterocycles. The first-order valence-corrected chi connectivity index (χ1v) is 19.2. The van der Waals surface area contributed by atoms with E-state index in [1.807, 2.05) is 60.7 Å². The zero-order valence-corrected chi connectivity index (χ0v) is 31.3. The number of ketones is 1. The lowest BCUT2D eigenvalue weighted by atomic mass is 10.0. The maximum atomic E-state index is 13.5. The van der Waals surface area contributed by atoms with Crippen LogP contribution in [0.4, 0.5) is 0 Å². The van der Waals surface area contributed by atoms with E-state index in [0.29, 0.717) is 5.69 Å². The summed E-state index contributed by atoms with van der Waals surface area (Å²) in [6.45, 7) is 0. The summed E-state index contributed by atoms with van der Waals surface area (Å²) >= 11 is 0. The third-order valence-electron chi connectivity index (χ3n) is 10.5. The van der Waals surface area contributed by atoms with Gasteiger partial charge in [0.05, 0.1) is 28.3 Å². The molecule has 0 aliphatic carbocycles. The van der Waals surface area contributed by atoms with Gasteiger partial charge in [-0.2, -0.15) is 0 Å². The minimum absolute atomic E-state index is 0.187. The van der Waals surface area contributed by atoms with E-state index < -0.39 is 0 Å². The highest BCUT2D eigenvalue weighted by Gasteiger charge is 2.20. The minimum atomic E-state index is -0.187. The van der Waals surface area contributed by atoms with Gasteiger partial charge in [0.15, 0.2) is 0 Å². The first-order valence-electron chi connectivity index (χ1n) is 19.2. The molecule has 0 amide bonds. The van der Waals surface area contributed by atoms with Gasteiger partial charge in [-0.05, 0) is 89.0 Å². The SMILES string of the molecule is O=C(/C=C\c1cc2[nH]c1c(-c1ccccc1)c1nc(c(-c3ccccc3)c3ccc([nH]3)c(-c3ccccc3)c3nc(c2-c2ccccc2)C=C3)C=C1)c1ccccn1. The Balaban J connectivity index is 1.39. The number of hydrogen-bond donors (Lipinski definition) is 2. The average Bonchev–Trinajstić information content (AvgIpc) is 4.12. The van der Waals surface area contributed by atoms with Crippen molar-refractivity contribution in [3.8, 4) is 44.5 Å². The topological polar surface area (TPSA) is 87.3 Å². The molecule has 8 aromatic rings. The predicted octanol–water partition coefficient (Wildman–Crippen LogP) is 12.6. The molecule has 10 rings (SSSR count). The number of nitrogens with zero attached hydrogens (tertiary/aromatic N) is 3. The fourth-order valence-electron chi connectivity index (χ4n) is 7.83. The van der Waals surface area contributed by atoms with Gasteiger partial charge >= 0.3 is 0 Å². The molecule has 0 radical (unpaired) electrons. The van der Waals surface area contributed by atoms with Gasteiger partial charge in [-0.1, -0.05) is 127 Å². The van der Waals surface area contributed by atoms with E-state index in [2.05, 4.69) is 130 Å². The molecular weight excluding hydrogens is 711 g/mol. The number of carbonyl (C=O) groups excluding carboxylic acids is 1. The quantitative estimate of drug-likeness (QED) is 0.126. The lowest BCUT2D eigenvalue weighted by Crippen LogP contribution is -1.96. The number of aromatic nitrogens is 5. The number of allylic oxidation sites excluding steroid dienone is 1. The number of pyridine rings is 1. The van der Waals surface area contributed by atoms with Gasteiger partial charge in [0, 0.05) is 50.6 Å². The van der Waals surface area contributed by atoms with Gasteiger partial charge < -0.3 is 9.97 Å². The number of benzene rings is 4. The van der Waals surface area contributed by atoms with E-state index >= 15 is 0 Å². The summed E-state index contributed by atoms with van der Waals surface area (Å²) in [5.74, 6) is -0.187. The number of nitrogens with one attached hydrogen (secondary N) is 2. The molecule has 0 fully saturated rings. The van der Waals surface area contributed by atoms with Crippen LogP contribution in [-0.2, 0) is 0 Å². The number of aromatic amines is 2. The van der Waals surface area contributed by atoms with Crippen molar-refractivity contribution in [2.75, 3.05) is 0 Å². The lowest BCUT2D eigenvalue weighted by molar-refractivity contribution is 0.104. The Kier molecular flexibility index (Phi) is 8.89. The fraction of sp³-hybridized carbons (Fsp3) is 0. The number of H-pyrrole nitrogens is 2. The monoisotopic (exact) mass is 745 g/mol. The molecule has 2 aliphatic heterocycles. The van der Waals surface area contributed by atoms with Crippen molar-refractivity contribution in [2.24, 2.45) is 0 Å². The van der Waals surface area contributed by atoms with Gasteiger partial charge in [-0.15, -0.1) is 0 Å². The van der Waals surface area contributed by atoms with Crippen LogP contribution in [0.1, 0.15) is 38.8 Å². The third kappa shape index (κ3) is 6.48. The Hall–Kier alpha value is -7.96. The number of carbonyl (C=O) groups is 1. The highest BCUT2D eigenvalue weighted by atomic mass is 16.1. The molecule has 6 heteroatoms. The van der Waals surface area contributed by atoms with Gasteiger partial charge in [-0.3, -0.25) is 9.78 Å². The van der Waals surface area contributed by atoms with Crippen LogP contribution in [0.15, 0.2) is 170 Å². The van der Waals surface area contributed by atoms with Crippen molar-refractivity contribution in [1.82, 2.24) is 24.9 Å². The van der Waals surface area contributed by atoms with E-state index in [9.17, 15) is 4.79 Å². The summed E-state index contributed by atoms with van der Waals surface area (Å²) in [4.78, 5) is 36.3. The summed E-state index contributed by atoms with van der Waals surface area (Å²) in [6, 6.07) is 53.1. The predicted molar refractivity (Wildman–Crippen MR) is 238 cm³/mol. The smallest absolute Gasteiger partial charge is 0.204 e. The van der Waals surface area contributed by atoms with E-state index in [-0.39, 0.29) is 5.78 Å². The first kappa shape index (κ1) is 34.5. The van der Waals surface area contributed by atoms with Crippen molar-refractivity contribution in [2.45, 2.75) is 0 Å². The van der Waals surface area contributed by atoms with Crippen LogP contribution in [0.2, 0.25) is 0 Å². The van der Waals surface area contributed by atoms with E-state index in [1.54, 1.807) is 24.4 Å². The third-order valence-corrected chi connectivity index (χ3v) is 10.5. The van der Waals surface area contributed by atoms with E-state index in [1.165, 1.54) is 0 Å². The second kappa shape index (κ2) is 14.9. The summed E-state index contributed by atoms with van der Waals surface area (Å²) in [5.41, 5.74) is 15.9. The molecule has 4 aromatic heterocycles. The fourth-order valence-corrected chi connectivity index (χ4v) is 7.83. The van der Waals surface area contributed by atoms with Gasteiger partial charge in [0.25, 0.3) is 0 Å². The van der Waals surface area contributed by atoms with Crippen LogP contribution in [0.3, 0.4) is 0 Å². The zero-order chi connectivity index (χ0) is 38.8. The van der Waals surface area contributed by atoms with E-state index in [4.69, 9.17) is 9.97 Å². The Morgan fingerprint density at radius 3 is 1.34 bits per heavy atom. The molecular formula is C52H35N5O. The number of fused-ring (bicyclic) bond motifs is 8. The van der Waals surface area contributed by atoms with Crippen LogP contribution in [-0.4, -0.2) is 30.7 Å². The maximum Gasteiger partial charge on any atom is 0.204 e. The van der Waals surface area contributed by atoms with Crippen LogP contribution in [0.25, 0.3) is 97.0 Å². The largest absolute Gasteiger partial charge is 0.354 e. The minimum Gasteiger partial charge on any atom is -0.354 e. The van der Waals surface area contributed by atoms with Crippen LogP contribution in [0.5, 0.6) is 0 Å². The lowest BCUT2D eigenvalue weighted by Gasteiger charge is -2.07. The van der Waals surface area contributed by atoms with Crippen molar-refractivity contribution in [3.63, 3.8) is 0 Å². The van der Waals surface area contributed by atoms with Crippen molar-refractivity contribution < 1.29 is 4.79 Å². The highest BCUT2D eigenvalue weighted by Crippen LogP contribution is 2.39. The van der Waals surface area contributed by atoms with Crippen LogP contribution < -0.4 is 0 Å². The molecule has 274 valence electrons. The maximum absolute atomic E-state index is 13.5. The molecule has 2 aliphatic rings. The Morgan fingerprint density at radius 1 is 0.448 bits per heavy atom. The zero-order valence-electron chi connectivity index (χ0n) is 31.3. The second-order valence-corrected chi connectivity index (χ2v) is 14.1. The molecule has 0 saturated carbocycles. The highest BCUT2D eigenvalue weighted by molar-refractivity contribution is 6.07. The van der Waals surface area contributed by atoms with Gasteiger partial charge in [-0.25, -0.2) is 9.97 Å². The summed E-state index contributed by atoms with van der Waals surface area (Å²) < 4.78 is 0. The van der Waals surface area contributed by atoms with Crippen LogP contribution >= 0.6 is 0 Å². The van der Waals surface area contributed by atoms with E-state index in [0.717, 1.165) is 94.9 Å². The summed E-state index contributed by atoms with van der Waals surface area (Å²) in [7, 11) is 0. The number of rotatable bonds is 7. The van der Waals surface area contributed by atoms with Crippen molar-refractivity contribution in [1.29, 1.82) is 0 Å². The standard InChI is InChI=1S/C52H35N5O/c58-47(39-23-13-14-32-53-39)31-24-38-33-46-50(36-19-9-3-10-20-36)44-28-27-42(55-44)48(34-15-5-1-6-16-34)40-25-26-41(54-40)49(35-17-7-2-8-18-35)43-29-30-45(56-43)51(52(38)57-46)37-21-11-4-12-22-37/h1-33,54,57H/b31-24-,48-40?,48-42?,49-41?,49-43?,50-44?,50-46?,51-45?,52-51?. The molecule has 0 spiro atoms. The Morgan fingerprint density at radius 2 is 0.879 bits per heavy atom. The van der Waals surface area contributed by atoms with Gasteiger partial charge in [0.2, 0.25) is 5.78 Å². The Labute approximate surface area is 335 Å². The molecule has 0 unspecified atom stereocenters. The average molecular weight is 746 g/mol. The molecule has 2 N–H and O–H groups in total.